The Bertz CT molecular complexity index is 1790. The molecule has 0 saturated carbocycles. The highest BCUT2D eigenvalue weighted by atomic mass is 19.1. The van der Waals surface area contributed by atoms with Crippen molar-refractivity contribution in [1.29, 1.82) is 0 Å². The summed E-state index contributed by atoms with van der Waals surface area (Å²) in [6.07, 6.45) is 5.70. The molecule has 3 heterocycles. The van der Waals surface area contributed by atoms with E-state index in [0.29, 0.717) is 23.5 Å². The molecular weight excluding hydrogens is 515 g/mol. The predicted octanol–water partition coefficient (Wildman–Crippen LogP) is 4.59. The molecule has 0 saturated heterocycles. The molecule has 0 fully saturated rings. The number of fused-ring (bicyclic) bond motifs is 1. The van der Waals surface area contributed by atoms with E-state index in [0.717, 1.165) is 10.6 Å². The third-order valence-electron chi connectivity index (χ3n) is 5.40. The van der Waals surface area contributed by atoms with E-state index in [1.165, 1.54) is 18.3 Å². The van der Waals surface area contributed by atoms with Gasteiger partial charge in [-0.15, -0.1) is 0 Å². The van der Waals surface area contributed by atoms with Gasteiger partial charge in [-0.25, -0.2) is 18.2 Å². The molecule has 3 aromatic heterocycles. The Morgan fingerprint density at radius 2 is 1.85 bits per heavy atom. The van der Waals surface area contributed by atoms with Crippen LogP contribution in [0.2, 0.25) is 0 Å². The van der Waals surface area contributed by atoms with Gasteiger partial charge in [0.15, 0.2) is 28.8 Å². The monoisotopic (exact) mass is 533 g/mol. The van der Waals surface area contributed by atoms with Crippen LogP contribution in [0.5, 0.6) is 11.5 Å². The molecular formula is C26H18F3N7O3. The Labute approximate surface area is 218 Å². The highest BCUT2D eigenvalue weighted by Gasteiger charge is 2.20. The van der Waals surface area contributed by atoms with Gasteiger partial charge in [-0.05, 0) is 30.3 Å². The van der Waals surface area contributed by atoms with Crippen LogP contribution in [0.4, 0.5) is 30.5 Å². The van der Waals surface area contributed by atoms with Crippen molar-refractivity contribution in [3.8, 4) is 17.2 Å². The summed E-state index contributed by atoms with van der Waals surface area (Å²) in [4.78, 5) is 34.2. The van der Waals surface area contributed by atoms with Gasteiger partial charge in [0.05, 0.1) is 17.6 Å². The fraction of sp³-hybridized carbons (Fsp3) is 0.0385. The summed E-state index contributed by atoms with van der Waals surface area (Å²) < 4.78 is 50.1. The second-order valence-electron chi connectivity index (χ2n) is 8.19. The summed E-state index contributed by atoms with van der Waals surface area (Å²) in [7, 11) is 1.73. The van der Waals surface area contributed by atoms with Crippen LogP contribution < -0.4 is 20.9 Å². The molecule has 10 nitrogen and oxygen atoms in total. The quantitative estimate of drug-likeness (QED) is 0.294. The highest BCUT2D eigenvalue weighted by molar-refractivity contribution is 5.99. The predicted molar refractivity (Wildman–Crippen MR) is 137 cm³/mol. The van der Waals surface area contributed by atoms with Crippen molar-refractivity contribution in [3.63, 3.8) is 0 Å². The molecule has 0 aliphatic rings. The lowest BCUT2D eigenvalue weighted by Gasteiger charge is -2.15. The maximum Gasteiger partial charge on any atom is 0.299 e. The topological polar surface area (TPSA) is 116 Å². The van der Waals surface area contributed by atoms with Crippen LogP contribution in [0.3, 0.4) is 0 Å². The Kier molecular flexibility index (Phi) is 6.54. The van der Waals surface area contributed by atoms with E-state index in [-0.39, 0.29) is 22.7 Å². The number of aromatic nitrogens is 5. The van der Waals surface area contributed by atoms with Crippen LogP contribution in [-0.2, 0) is 11.8 Å². The number of rotatable bonds is 7. The van der Waals surface area contributed by atoms with E-state index < -0.39 is 40.4 Å². The Balaban J connectivity index is 1.69. The molecule has 196 valence electrons. The number of hydrogen-bond donors (Lipinski definition) is 2. The van der Waals surface area contributed by atoms with Gasteiger partial charge in [-0.2, -0.15) is 10.1 Å². The first kappa shape index (κ1) is 25.2. The zero-order chi connectivity index (χ0) is 27.7. The van der Waals surface area contributed by atoms with E-state index in [4.69, 9.17) is 4.74 Å². The number of amides is 1. The largest absolute Gasteiger partial charge is 0.445 e. The lowest BCUT2D eigenvalue weighted by Crippen LogP contribution is -2.22. The van der Waals surface area contributed by atoms with Gasteiger partial charge in [-0.3, -0.25) is 18.8 Å². The van der Waals surface area contributed by atoms with Crippen molar-refractivity contribution in [2.24, 2.45) is 7.05 Å². The smallest absolute Gasteiger partial charge is 0.299 e. The molecule has 39 heavy (non-hydrogen) atoms. The molecule has 13 heteroatoms. The van der Waals surface area contributed by atoms with Gasteiger partial charge in [0, 0.05) is 42.6 Å². The summed E-state index contributed by atoms with van der Waals surface area (Å²) in [5.74, 6) is -5.60. The minimum absolute atomic E-state index is 0.112. The van der Waals surface area contributed by atoms with Crippen molar-refractivity contribution in [1.82, 2.24) is 24.3 Å². The number of halogens is 3. The molecule has 1 amide bonds. The Morgan fingerprint density at radius 3 is 2.54 bits per heavy atom. The van der Waals surface area contributed by atoms with Crippen LogP contribution in [0.15, 0.2) is 78.5 Å². The normalized spacial score (nSPS) is 10.9. The molecule has 0 radical (unpaired) electrons. The molecule has 0 unspecified atom stereocenters. The molecule has 0 aliphatic heterocycles. The number of benzene rings is 2. The van der Waals surface area contributed by atoms with Gasteiger partial charge < -0.3 is 15.4 Å². The molecule has 0 atom stereocenters. The van der Waals surface area contributed by atoms with E-state index in [2.05, 4.69) is 32.3 Å². The number of pyridine rings is 1. The summed E-state index contributed by atoms with van der Waals surface area (Å²) in [5, 5.41) is 9.91. The Hall–Kier alpha value is -5.46. The highest BCUT2D eigenvalue weighted by Crippen LogP contribution is 2.29. The maximum atomic E-state index is 14.3. The third kappa shape index (κ3) is 5.18. The van der Waals surface area contributed by atoms with Crippen molar-refractivity contribution < 1.29 is 22.7 Å². The molecule has 0 aliphatic carbocycles. The first-order valence-electron chi connectivity index (χ1n) is 11.3. The first-order chi connectivity index (χ1) is 18.7. The molecule has 2 N–H and O–H groups in total. The van der Waals surface area contributed by atoms with Gasteiger partial charge in [0.2, 0.25) is 11.9 Å². The first-order valence-corrected chi connectivity index (χ1v) is 11.3. The van der Waals surface area contributed by atoms with Gasteiger partial charge in [-0.1, -0.05) is 12.6 Å². The van der Waals surface area contributed by atoms with Crippen molar-refractivity contribution in [3.05, 3.63) is 102 Å². The van der Waals surface area contributed by atoms with E-state index >= 15 is 0 Å². The average Bonchev–Trinajstić information content (AvgIpc) is 3.30. The van der Waals surface area contributed by atoms with Gasteiger partial charge in [0.25, 0.3) is 5.56 Å². The van der Waals surface area contributed by atoms with Crippen molar-refractivity contribution in [2.75, 3.05) is 10.6 Å². The molecule has 0 spiro atoms. The lowest BCUT2D eigenvalue weighted by molar-refractivity contribution is -0.111. The summed E-state index contributed by atoms with van der Waals surface area (Å²) in [5.41, 5.74) is 0.428. The molecule has 2 aromatic carbocycles. The number of carbonyl (C=O) groups excluding carboxylic acids is 1. The van der Waals surface area contributed by atoms with Crippen LogP contribution in [0.25, 0.3) is 16.7 Å². The minimum Gasteiger partial charge on any atom is -0.445 e. The van der Waals surface area contributed by atoms with E-state index in [1.807, 2.05) is 0 Å². The maximum absolute atomic E-state index is 14.3. The fourth-order valence-electron chi connectivity index (χ4n) is 3.71. The summed E-state index contributed by atoms with van der Waals surface area (Å²) in [6, 6.07) is 8.30. The van der Waals surface area contributed by atoms with E-state index in [9.17, 15) is 22.8 Å². The number of ether oxygens (including phenoxy) is 1. The average molecular weight is 533 g/mol. The summed E-state index contributed by atoms with van der Waals surface area (Å²) >= 11 is 0. The Morgan fingerprint density at radius 1 is 1.08 bits per heavy atom. The third-order valence-corrected chi connectivity index (χ3v) is 5.40. The second kappa shape index (κ2) is 10.1. The van der Waals surface area contributed by atoms with Gasteiger partial charge >= 0.3 is 0 Å². The standard InChI is InChI=1S/C26H18F3N7O3/c1-3-22(37)32-16-5-4-6-18(10-16)36-24-14(11-30-26(34-24)33-17-12-31-35(2)13-17)7-21(25(36)38)39-23-19(28)8-15(27)9-20(23)29/h3-13H,1H2,2H3,(H,32,37)(H,30,33,34). The zero-order valence-electron chi connectivity index (χ0n) is 20.2. The molecule has 5 rings (SSSR count). The van der Waals surface area contributed by atoms with Crippen LogP contribution in [0.1, 0.15) is 0 Å². The summed E-state index contributed by atoms with van der Waals surface area (Å²) in [6.45, 7) is 3.41. The number of carbonyl (C=O) groups is 1. The van der Waals surface area contributed by atoms with Crippen molar-refractivity contribution in [2.45, 2.75) is 0 Å². The number of anilines is 3. The number of nitrogens with zero attached hydrogens (tertiary/aromatic N) is 5. The van der Waals surface area contributed by atoms with Crippen LogP contribution in [0, 0.1) is 17.5 Å². The van der Waals surface area contributed by atoms with Crippen molar-refractivity contribution >= 4 is 34.3 Å². The van der Waals surface area contributed by atoms with E-state index in [1.54, 1.807) is 42.3 Å². The minimum atomic E-state index is -1.33. The lowest BCUT2D eigenvalue weighted by atomic mass is 10.2. The number of nitrogens with one attached hydrogen (secondary N) is 2. The van der Waals surface area contributed by atoms with Crippen LogP contribution in [-0.4, -0.2) is 30.2 Å². The fourth-order valence-corrected chi connectivity index (χ4v) is 3.71. The molecule has 5 aromatic rings. The second-order valence-corrected chi connectivity index (χ2v) is 8.19. The SMILES string of the molecule is C=CC(=O)Nc1cccc(-n2c(=O)c(Oc3c(F)cc(F)cc3F)cc3cnc(Nc4cnn(C)c4)nc32)c1. The zero-order valence-corrected chi connectivity index (χ0v) is 20.2. The number of hydrogen-bond acceptors (Lipinski definition) is 7. The van der Waals surface area contributed by atoms with Gasteiger partial charge in [0.1, 0.15) is 5.82 Å². The number of aryl methyl sites for hydroxylation is 1. The molecule has 0 bridgehead atoms. The van der Waals surface area contributed by atoms with Crippen LogP contribution >= 0.6 is 0 Å².